The summed E-state index contributed by atoms with van der Waals surface area (Å²) in [7, 11) is 7.68. The second kappa shape index (κ2) is 77.4. The summed E-state index contributed by atoms with van der Waals surface area (Å²) in [6, 6.07) is 0. The van der Waals surface area contributed by atoms with E-state index < -0.39 is 0 Å². The molecule has 0 aliphatic rings. The third-order valence-corrected chi connectivity index (χ3v) is 18.5. The zero-order valence-corrected chi connectivity index (χ0v) is 63.8. The first-order valence-corrected chi connectivity index (χ1v) is 37.6. The summed E-state index contributed by atoms with van der Waals surface area (Å²) in [4.78, 5) is 0. The summed E-state index contributed by atoms with van der Waals surface area (Å²) in [5.41, 5.74) is 0. The molecule has 0 bridgehead atoms. The van der Waals surface area contributed by atoms with Gasteiger partial charge in [0.05, 0.1) is 80.0 Å². The minimum Gasteiger partial charge on any atom is -1.00 e. The highest BCUT2D eigenvalue weighted by Crippen LogP contribution is 2.20. The minimum atomic E-state index is 0. The van der Waals surface area contributed by atoms with Crippen LogP contribution in [0.4, 0.5) is 0 Å². The Morgan fingerprint density at radius 1 is 0.123 bits per heavy atom. The van der Waals surface area contributed by atoms with Gasteiger partial charge in [0, 0.05) is 0 Å². The van der Waals surface area contributed by atoms with Gasteiger partial charge in [0.2, 0.25) is 0 Å². The van der Waals surface area contributed by atoms with Crippen molar-refractivity contribution in [3.8, 4) is 0 Å². The van der Waals surface area contributed by atoms with E-state index in [1.54, 1.807) is 0 Å². The molecule has 0 aromatic heterocycles. The fraction of sp³-hybridized carbons (Fsp3) is 1.00. The van der Waals surface area contributed by atoms with E-state index in [-0.39, 0.29) is 50.9 Å². The van der Waals surface area contributed by atoms with Gasteiger partial charge in [-0.05, 0) is 116 Å². The lowest BCUT2D eigenvalue weighted by atomic mass is 10.1. The van der Waals surface area contributed by atoms with Crippen molar-refractivity contribution in [3.05, 3.63) is 0 Å². The number of hydrogen-bond donors (Lipinski definition) is 0. The van der Waals surface area contributed by atoms with Crippen molar-refractivity contribution >= 4 is 0 Å². The molecule has 0 aromatic carbocycles. The summed E-state index contributed by atoms with van der Waals surface area (Å²) in [5.74, 6) is 0. The predicted octanol–water partition coefficient (Wildman–Crippen LogP) is 16.6. The van der Waals surface area contributed by atoms with Crippen LogP contribution in [-0.2, 0) is 0 Å². The lowest BCUT2D eigenvalue weighted by Crippen LogP contribution is -3.00. The summed E-state index contributed by atoms with van der Waals surface area (Å²) < 4.78 is 4.07. The van der Waals surface area contributed by atoms with Crippen molar-refractivity contribution in [1.82, 2.24) is 0 Å². The van der Waals surface area contributed by atoms with Gasteiger partial charge in [-0.25, -0.2) is 0 Å². The smallest absolute Gasteiger partial charge is 0.0784 e. The van der Waals surface area contributed by atoms with E-state index in [0.717, 1.165) is 0 Å². The second-order valence-electron chi connectivity index (χ2n) is 27.3. The molecule has 0 saturated heterocycles. The zero-order chi connectivity index (χ0) is 58.0. The normalized spacial score (nSPS) is 11.6. The van der Waals surface area contributed by atoms with Gasteiger partial charge in [-0.3, -0.25) is 0 Å². The summed E-state index contributed by atoms with van der Waals surface area (Å²) >= 11 is 0. The van der Waals surface area contributed by atoms with Crippen LogP contribution in [0.5, 0.6) is 0 Å². The van der Waals surface area contributed by atoms with E-state index in [9.17, 15) is 0 Å². The van der Waals surface area contributed by atoms with E-state index in [2.05, 4.69) is 83.5 Å². The van der Waals surface area contributed by atoms with Crippen LogP contribution in [0.15, 0.2) is 0 Å². The standard InChI is InChI=1S/3C25H54N.3BrH/c3*1-5-8-11-14-17-20-23-26(4,24-21-18-15-12-9-6-2)25-22-19-16-13-10-7-3;;;/h3*5-25H2,1-4H3;3*1H/q3*+1;;;/p-3. The summed E-state index contributed by atoms with van der Waals surface area (Å²) in [6.45, 7) is 33.7. The number of halogens is 3. The number of quaternary nitrogens is 3. The van der Waals surface area contributed by atoms with Gasteiger partial charge in [0.1, 0.15) is 0 Å². The SMILES string of the molecule is CCCCCCCC[N+](C)(CCCCCCCC)CCCCCCCC.CCCCCCCC[N+](C)(CCCCCCCC)CCCCCCCC.CCCCCCCC[N+](C)(CCCCCCCC)CCCCCCCC.[Br-].[Br-].[Br-]. The highest BCUT2D eigenvalue weighted by Gasteiger charge is 2.22. The highest BCUT2D eigenvalue weighted by atomic mass is 79.9. The third kappa shape index (κ3) is 75.5. The lowest BCUT2D eigenvalue weighted by molar-refractivity contribution is -0.910. The lowest BCUT2D eigenvalue weighted by Gasteiger charge is -2.35. The van der Waals surface area contributed by atoms with E-state index in [1.807, 2.05) is 0 Å². The molecular weight excluding hydrogens is 1180 g/mol. The molecule has 0 radical (unpaired) electrons. The molecule has 0 saturated carbocycles. The molecule has 6 heteroatoms. The first-order chi connectivity index (χ1) is 38.0. The van der Waals surface area contributed by atoms with Crippen LogP contribution in [0.2, 0.25) is 0 Å². The molecule has 0 unspecified atom stereocenters. The van der Waals surface area contributed by atoms with Crippen LogP contribution in [0, 0.1) is 0 Å². The molecule has 3 nitrogen and oxygen atoms in total. The molecular formula is C75H162Br3N3. The monoisotopic (exact) mass is 1340 g/mol. The fourth-order valence-corrected chi connectivity index (χ4v) is 12.5. The maximum Gasteiger partial charge on any atom is 0.0784 e. The van der Waals surface area contributed by atoms with Gasteiger partial charge in [-0.15, -0.1) is 0 Å². The van der Waals surface area contributed by atoms with Crippen LogP contribution in [0.25, 0.3) is 0 Å². The van der Waals surface area contributed by atoms with Crippen molar-refractivity contribution in [3.63, 3.8) is 0 Å². The minimum absolute atomic E-state index is 0. The van der Waals surface area contributed by atoms with Crippen LogP contribution in [0.3, 0.4) is 0 Å². The van der Waals surface area contributed by atoms with Gasteiger partial charge < -0.3 is 64.4 Å². The molecule has 0 rings (SSSR count). The largest absolute Gasteiger partial charge is 1.00 e. The molecule has 0 spiro atoms. The van der Waals surface area contributed by atoms with E-state index in [0.29, 0.717) is 0 Å². The molecule has 0 atom stereocenters. The maximum atomic E-state index is 2.56. The predicted molar refractivity (Wildman–Crippen MR) is 363 cm³/mol. The summed E-state index contributed by atoms with van der Waals surface area (Å²) in [6.07, 6.45) is 77.6. The summed E-state index contributed by atoms with van der Waals surface area (Å²) in [5, 5.41) is 0. The van der Waals surface area contributed by atoms with Crippen molar-refractivity contribution < 1.29 is 64.4 Å². The van der Waals surface area contributed by atoms with Gasteiger partial charge >= 0.3 is 0 Å². The van der Waals surface area contributed by atoms with Crippen molar-refractivity contribution in [1.29, 1.82) is 0 Å². The third-order valence-electron chi connectivity index (χ3n) is 18.5. The van der Waals surface area contributed by atoms with Gasteiger partial charge in [0.25, 0.3) is 0 Å². The van der Waals surface area contributed by atoms with Gasteiger partial charge in [-0.1, -0.05) is 293 Å². The van der Waals surface area contributed by atoms with Crippen molar-refractivity contribution in [2.45, 2.75) is 409 Å². The molecule has 0 fully saturated rings. The Morgan fingerprint density at radius 3 is 0.284 bits per heavy atom. The Balaban J connectivity index is -0.000000256. The van der Waals surface area contributed by atoms with Crippen molar-refractivity contribution in [2.24, 2.45) is 0 Å². The van der Waals surface area contributed by atoms with Crippen LogP contribution in [0.1, 0.15) is 409 Å². The van der Waals surface area contributed by atoms with E-state index in [1.165, 1.54) is 419 Å². The number of hydrogen-bond acceptors (Lipinski definition) is 0. The first kappa shape index (κ1) is 93.5. The van der Waals surface area contributed by atoms with Crippen LogP contribution in [-0.4, -0.2) is 93.5 Å². The fourth-order valence-electron chi connectivity index (χ4n) is 12.5. The Labute approximate surface area is 549 Å². The quantitative estimate of drug-likeness (QED) is 0.0421. The average Bonchev–Trinajstić information content (AvgIpc) is 3.43. The van der Waals surface area contributed by atoms with Gasteiger partial charge in [0.15, 0.2) is 0 Å². The molecule has 0 aliphatic heterocycles. The van der Waals surface area contributed by atoms with Crippen LogP contribution < -0.4 is 50.9 Å². The van der Waals surface area contributed by atoms with E-state index >= 15 is 0 Å². The van der Waals surface area contributed by atoms with E-state index in [4.69, 9.17) is 0 Å². The Kier molecular flexibility index (Phi) is 89.3. The number of rotatable bonds is 63. The number of nitrogens with zero attached hydrogens (tertiary/aromatic N) is 3. The molecule has 0 aliphatic carbocycles. The number of unbranched alkanes of at least 4 members (excludes halogenated alkanes) is 45. The topological polar surface area (TPSA) is 0 Å². The molecule has 498 valence electrons. The van der Waals surface area contributed by atoms with Crippen LogP contribution >= 0.6 is 0 Å². The van der Waals surface area contributed by atoms with Gasteiger partial charge in [-0.2, -0.15) is 0 Å². The Hall–Kier alpha value is 1.32. The molecule has 81 heavy (non-hydrogen) atoms. The molecule has 0 aromatic rings. The Morgan fingerprint density at radius 2 is 0.198 bits per heavy atom. The highest BCUT2D eigenvalue weighted by molar-refractivity contribution is 4.55. The molecule has 0 heterocycles. The first-order valence-electron chi connectivity index (χ1n) is 37.6. The zero-order valence-electron chi connectivity index (χ0n) is 59.0. The Bertz CT molecular complexity index is 807. The molecule has 0 N–H and O–H groups in total. The molecule has 0 amide bonds. The van der Waals surface area contributed by atoms with Crippen molar-refractivity contribution in [2.75, 3.05) is 80.0 Å². The maximum absolute atomic E-state index is 2.56. The average molecular weight is 1350 g/mol. The second-order valence-corrected chi connectivity index (χ2v) is 27.3.